The van der Waals surface area contributed by atoms with Crippen LogP contribution in [0.3, 0.4) is 0 Å². The number of carboxylic acid groups (broad SMARTS) is 1. The second-order valence-electron chi connectivity index (χ2n) is 5.83. The van der Waals surface area contributed by atoms with Crippen molar-refractivity contribution in [2.24, 2.45) is 17.1 Å². The van der Waals surface area contributed by atoms with Crippen LogP contribution in [-0.4, -0.2) is 29.6 Å². The van der Waals surface area contributed by atoms with E-state index in [1.807, 2.05) is 0 Å². The van der Waals surface area contributed by atoms with Crippen LogP contribution in [0.25, 0.3) is 0 Å². The van der Waals surface area contributed by atoms with E-state index in [4.69, 9.17) is 10.8 Å². The highest BCUT2D eigenvalue weighted by molar-refractivity contribution is 5.83. The molecule has 0 rings (SSSR count). The molecule has 4 N–H and O–H groups in total. The average Bonchev–Trinajstić information content (AvgIpc) is 2.22. The van der Waals surface area contributed by atoms with Gasteiger partial charge in [0.25, 0.3) is 0 Å². The Morgan fingerprint density at radius 1 is 1.28 bits per heavy atom. The molecule has 0 bridgehead atoms. The fraction of sp³-hybridized carbons (Fsp3) is 0.846. The van der Waals surface area contributed by atoms with Gasteiger partial charge in [-0.1, -0.05) is 27.7 Å². The zero-order valence-corrected chi connectivity index (χ0v) is 11.8. The second-order valence-corrected chi connectivity index (χ2v) is 5.83. The molecule has 5 nitrogen and oxygen atoms in total. The third kappa shape index (κ3) is 6.59. The van der Waals surface area contributed by atoms with Gasteiger partial charge in [-0.2, -0.15) is 0 Å². The van der Waals surface area contributed by atoms with Crippen molar-refractivity contribution in [2.45, 2.75) is 53.0 Å². The predicted molar refractivity (Wildman–Crippen MR) is 71.1 cm³/mol. The van der Waals surface area contributed by atoms with E-state index in [0.29, 0.717) is 19.4 Å². The second kappa shape index (κ2) is 7.36. The van der Waals surface area contributed by atoms with E-state index < -0.39 is 12.0 Å². The molecule has 106 valence electrons. The predicted octanol–water partition coefficient (Wildman–Crippen LogP) is 1.37. The highest BCUT2D eigenvalue weighted by atomic mass is 16.4. The quantitative estimate of drug-likeness (QED) is 0.613. The van der Waals surface area contributed by atoms with E-state index in [-0.39, 0.29) is 17.2 Å². The van der Waals surface area contributed by atoms with Gasteiger partial charge in [-0.25, -0.2) is 4.79 Å². The Labute approximate surface area is 109 Å². The summed E-state index contributed by atoms with van der Waals surface area (Å²) in [7, 11) is 0. The van der Waals surface area contributed by atoms with Crippen molar-refractivity contribution in [3.63, 3.8) is 0 Å². The number of hydrogen-bond acceptors (Lipinski definition) is 3. The first-order valence-electron chi connectivity index (χ1n) is 6.42. The summed E-state index contributed by atoms with van der Waals surface area (Å²) in [6.07, 6.45) is 1.90. The monoisotopic (exact) mass is 258 g/mol. The lowest BCUT2D eigenvalue weighted by molar-refractivity contribution is -0.143. The molecule has 0 aliphatic rings. The Morgan fingerprint density at radius 2 is 1.83 bits per heavy atom. The maximum Gasteiger partial charge on any atom is 0.326 e. The molecule has 0 saturated carbocycles. The Kier molecular flexibility index (Phi) is 6.91. The van der Waals surface area contributed by atoms with Gasteiger partial charge in [0.15, 0.2) is 0 Å². The lowest BCUT2D eigenvalue weighted by Gasteiger charge is -2.24. The summed E-state index contributed by atoms with van der Waals surface area (Å²) in [5.74, 6) is -1.32. The summed E-state index contributed by atoms with van der Waals surface area (Å²) < 4.78 is 0. The molecule has 0 aromatic heterocycles. The molecule has 0 aromatic carbocycles. The Morgan fingerprint density at radius 3 is 2.22 bits per heavy atom. The summed E-state index contributed by atoms with van der Waals surface area (Å²) in [5.41, 5.74) is 5.52. The molecule has 0 saturated heterocycles. The molecule has 5 heteroatoms. The standard InChI is InChI=1S/C13H26N2O3/c1-9(2)11(12(17)18)15-10(16)5-6-13(3,4)7-8-14/h9,11H,5-8,14H2,1-4H3,(H,15,16)(H,17,18)/t11-/m0/s1. The molecule has 0 radical (unpaired) electrons. The number of nitrogens with one attached hydrogen (secondary N) is 1. The van der Waals surface area contributed by atoms with Gasteiger partial charge in [0.2, 0.25) is 5.91 Å². The molecule has 0 heterocycles. The van der Waals surface area contributed by atoms with E-state index in [9.17, 15) is 9.59 Å². The van der Waals surface area contributed by atoms with Crippen LogP contribution < -0.4 is 11.1 Å². The number of carbonyl (C=O) groups is 2. The lowest BCUT2D eigenvalue weighted by atomic mass is 9.84. The van der Waals surface area contributed by atoms with Gasteiger partial charge in [0, 0.05) is 6.42 Å². The molecule has 0 aromatic rings. The van der Waals surface area contributed by atoms with Gasteiger partial charge in [0.1, 0.15) is 6.04 Å². The van der Waals surface area contributed by atoms with Crippen LogP contribution in [0.2, 0.25) is 0 Å². The molecule has 0 fully saturated rings. The molecular weight excluding hydrogens is 232 g/mol. The van der Waals surface area contributed by atoms with Gasteiger partial charge >= 0.3 is 5.97 Å². The number of hydrogen-bond donors (Lipinski definition) is 3. The van der Waals surface area contributed by atoms with Crippen LogP contribution >= 0.6 is 0 Å². The number of nitrogens with two attached hydrogens (primary N) is 1. The number of carboxylic acids is 1. The van der Waals surface area contributed by atoms with Crippen molar-refractivity contribution in [1.29, 1.82) is 0 Å². The van der Waals surface area contributed by atoms with Crippen LogP contribution in [0.15, 0.2) is 0 Å². The van der Waals surface area contributed by atoms with E-state index in [0.717, 1.165) is 6.42 Å². The van der Waals surface area contributed by atoms with Crippen LogP contribution in [0.4, 0.5) is 0 Å². The third-order valence-electron chi connectivity index (χ3n) is 3.10. The Balaban J connectivity index is 4.22. The summed E-state index contributed by atoms with van der Waals surface area (Å²) in [6, 6.07) is -0.810. The highest BCUT2D eigenvalue weighted by Crippen LogP contribution is 2.25. The molecule has 1 atom stereocenters. The average molecular weight is 258 g/mol. The maximum absolute atomic E-state index is 11.7. The topological polar surface area (TPSA) is 92.4 Å². The molecule has 0 aliphatic heterocycles. The van der Waals surface area contributed by atoms with Crippen molar-refractivity contribution >= 4 is 11.9 Å². The SMILES string of the molecule is CC(C)[C@H](NC(=O)CCC(C)(C)CCN)C(=O)O. The van der Waals surface area contributed by atoms with E-state index >= 15 is 0 Å². The van der Waals surface area contributed by atoms with E-state index in [1.54, 1.807) is 13.8 Å². The zero-order valence-electron chi connectivity index (χ0n) is 11.8. The maximum atomic E-state index is 11.7. The molecule has 1 amide bonds. The van der Waals surface area contributed by atoms with Gasteiger partial charge in [0.05, 0.1) is 0 Å². The fourth-order valence-corrected chi connectivity index (χ4v) is 1.73. The van der Waals surface area contributed by atoms with Crippen molar-refractivity contribution in [1.82, 2.24) is 5.32 Å². The molecule has 0 unspecified atom stereocenters. The van der Waals surface area contributed by atoms with Crippen LogP contribution in [0.5, 0.6) is 0 Å². The van der Waals surface area contributed by atoms with Gasteiger partial charge < -0.3 is 16.2 Å². The van der Waals surface area contributed by atoms with Gasteiger partial charge in [-0.05, 0) is 30.7 Å². The number of carbonyl (C=O) groups excluding carboxylic acids is 1. The lowest BCUT2D eigenvalue weighted by Crippen LogP contribution is -2.44. The van der Waals surface area contributed by atoms with Crippen molar-refractivity contribution < 1.29 is 14.7 Å². The number of aliphatic carboxylic acids is 1. The van der Waals surface area contributed by atoms with Crippen LogP contribution in [0, 0.1) is 11.3 Å². The first-order chi connectivity index (χ1) is 8.19. The Hall–Kier alpha value is -1.10. The van der Waals surface area contributed by atoms with E-state index in [2.05, 4.69) is 19.2 Å². The molecule has 0 spiro atoms. The Bertz CT molecular complexity index is 288. The summed E-state index contributed by atoms with van der Waals surface area (Å²) in [4.78, 5) is 22.7. The minimum atomic E-state index is -0.987. The van der Waals surface area contributed by atoms with Crippen LogP contribution in [0.1, 0.15) is 47.0 Å². The number of rotatable bonds is 8. The largest absolute Gasteiger partial charge is 0.480 e. The molecule has 0 aliphatic carbocycles. The summed E-state index contributed by atoms with van der Waals surface area (Å²) in [5, 5.41) is 11.5. The minimum Gasteiger partial charge on any atom is -0.480 e. The van der Waals surface area contributed by atoms with Crippen molar-refractivity contribution in [3.8, 4) is 0 Å². The summed E-state index contributed by atoms with van der Waals surface area (Å²) in [6.45, 7) is 8.27. The number of amides is 1. The van der Waals surface area contributed by atoms with Gasteiger partial charge in [-0.15, -0.1) is 0 Å². The van der Waals surface area contributed by atoms with Crippen LogP contribution in [-0.2, 0) is 9.59 Å². The van der Waals surface area contributed by atoms with E-state index in [1.165, 1.54) is 0 Å². The minimum absolute atomic E-state index is 0.0165. The van der Waals surface area contributed by atoms with Gasteiger partial charge in [-0.3, -0.25) is 4.79 Å². The smallest absolute Gasteiger partial charge is 0.326 e. The van der Waals surface area contributed by atoms with Crippen molar-refractivity contribution in [3.05, 3.63) is 0 Å². The normalized spacial score (nSPS) is 13.4. The molecule has 18 heavy (non-hydrogen) atoms. The highest BCUT2D eigenvalue weighted by Gasteiger charge is 2.24. The van der Waals surface area contributed by atoms with Crippen molar-refractivity contribution in [2.75, 3.05) is 6.54 Å². The first-order valence-corrected chi connectivity index (χ1v) is 6.42. The first kappa shape index (κ1) is 16.9. The summed E-state index contributed by atoms with van der Waals surface area (Å²) >= 11 is 0. The third-order valence-corrected chi connectivity index (χ3v) is 3.10. The fourth-order valence-electron chi connectivity index (χ4n) is 1.73. The zero-order chi connectivity index (χ0) is 14.3. The molecular formula is C13H26N2O3.